The van der Waals surface area contributed by atoms with E-state index in [-0.39, 0.29) is 6.54 Å². The fraction of sp³-hybridized carbons (Fsp3) is 0.125. The average Bonchev–Trinajstić information content (AvgIpc) is 2.49. The Morgan fingerprint density at radius 2 is 1.82 bits per heavy atom. The molecule has 0 bridgehead atoms. The molecule has 2 aromatic heterocycles. The fourth-order valence-corrected chi connectivity index (χ4v) is 2.30. The molecular weight excluding hydrogens is 293 g/mol. The molecule has 6 heteroatoms. The van der Waals surface area contributed by atoms with E-state index in [1.165, 1.54) is 0 Å². The van der Waals surface area contributed by atoms with Crippen LogP contribution in [0.25, 0.3) is 10.9 Å². The van der Waals surface area contributed by atoms with Crippen LogP contribution < -0.4 is 5.56 Å². The predicted octanol–water partition coefficient (Wildman–Crippen LogP) is 3.46. The largest absolute Gasteiger partial charge is 0.417 e. The van der Waals surface area contributed by atoms with Crippen LogP contribution in [-0.2, 0) is 12.7 Å². The molecule has 0 unspecified atom stereocenters. The van der Waals surface area contributed by atoms with Crippen molar-refractivity contribution in [2.45, 2.75) is 12.7 Å². The molecule has 0 saturated heterocycles. The zero-order valence-electron chi connectivity index (χ0n) is 11.3. The maximum Gasteiger partial charge on any atom is 0.417 e. The SMILES string of the molecule is O=c1ccc(C(F)(F)F)cn1Cc1cccc2cccnc12. The van der Waals surface area contributed by atoms with E-state index in [1.807, 2.05) is 12.1 Å². The maximum atomic E-state index is 12.8. The van der Waals surface area contributed by atoms with E-state index in [0.29, 0.717) is 11.1 Å². The van der Waals surface area contributed by atoms with E-state index in [9.17, 15) is 18.0 Å². The van der Waals surface area contributed by atoms with E-state index in [4.69, 9.17) is 0 Å². The van der Waals surface area contributed by atoms with Gasteiger partial charge in [-0.05, 0) is 17.7 Å². The molecule has 3 aromatic rings. The standard InChI is InChI=1S/C16H11F3N2O/c17-16(18,19)13-6-7-14(22)21(10-13)9-12-4-1-3-11-5-2-8-20-15(11)12/h1-8,10H,9H2. The Labute approximate surface area is 123 Å². The lowest BCUT2D eigenvalue weighted by molar-refractivity contribution is -0.138. The summed E-state index contributed by atoms with van der Waals surface area (Å²) < 4.78 is 39.3. The normalized spacial score (nSPS) is 11.8. The summed E-state index contributed by atoms with van der Waals surface area (Å²) in [5.74, 6) is 0. The van der Waals surface area contributed by atoms with Crippen LogP contribution in [0.15, 0.2) is 59.7 Å². The molecule has 3 rings (SSSR count). The van der Waals surface area contributed by atoms with Gasteiger partial charge in [0.1, 0.15) is 0 Å². The first-order valence-corrected chi connectivity index (χ1v) is 6.55. The van der Waals surface area contributed by atoms with E-state index in [0.717, 1.165) is 28.3 Å². The number of hydrogen-bond donors (Lipinski definition) is 0. The van der Waals surface area contributed by atoms with Gasteiger partial charge in [0.05, 0.1) is 17.6 Å². The Bertz CT molecular complexity index is 879. The molecule has 0 radical (unpaired) electrons. The van der Waals surface area contributed by atoms with E-state index in [2.05, 4.69) is 4.98 Å². The monoisotopic (exact) mass is 304 g/mol. The molecule has 0 N–H and O–H groups in total. The summed E-state index contributed by atoms with van der Waals surface area (Å²) >= 11 is 0. The Morgan fingerprint density at radius 3 is 2.59 bits per heavy atom. The van der Waals surface area contributed by atoms with Crippen molar-refractivity contribution >= 4 is 10.9 Å². The highest BCUT2D eigenvalue weighted by molar-refractivity contribution is 5.81. The number of benzene rings is 1. The van der Waals surface area contributed by atoms with Gasteiger partial charge in [-0.2, -0.15) is 13.2 Å². The molecule has 0 atom stereocenters. The lowest BCUT2D eigenvalue weighted by Gasteiger charge is -2.11. The molecule has 0 fully saturated rings. The van der Waals surface area contributed by atoms with Crippen LogP contribution >= 0.6 is 0 Å². The van der Waals surface area contributed by atoms with Crippen LogP contribution in [0, 0.1) is 0 Å². The van der Waals surface area contributed by atoms with Crippen molar-refractivity contribution in [1.82, 2.24) is 9.55 Å². The minimum atomic E-state index is -4.48. The molecule has 0 spiro atoms. The Morgan fingerprint density at radius 1 is 1.05 bits per heavy atom. The van der Waals surface area contributed by atoms with Crippen molar-refractivity contribution in [3.8, 4) is 0 Å². The third kappa shape index (κ3) is 2.72. The van der Waals surface area contributed by atoms with Gasteiger partial charge in [-0.15, -0.1) is 0 Å². The van der Waals surface area contributed by atoms with Crippen LogP contribution in [0.4, 0.5) is 13.2 Å². The number of pyridine rings is 2. The molecular formula is C16H11F3N2O. The molecule has 112 valence electrons. The van der Waals surface area contributed by atoms with Gasteiger partial charge in [-0.25, -0.2) is 0 Å². The lowest BCUT2D eigenvalue weighted by atomic mass is 10.1. The van der Waals surface area contributed by atoms with Crippen molar-refractivity contribution in [2.75, 3.05) is 0 Å². The fourth-order valence-electron chi connectivity index (χ4n) is 2.30. The topological polar surface area (TPSA) is 34.9 Å². The molecule has 2 heterocycles. The first kappa shape index (κ1) is 14.3. The second kappa shape index (κ2) is 5.29. The number of fused-ring (bicyclic) bond motifs is 1. The highest BCUT2D eigenvalue weighted by Crippen LogP contribution is 2.28. The van der Waals surface area contributed by atoms with E-state index in [1.54, 1.807) is 24.4 Å². The summed E-state index contributed by atoms with van der Waals surface area (Å²) in [6, 6.07) is 10.8. The van der Waals surface area contributed by atoms with Crippen LogP contribution in [0.3, 0.4) is 0 Å². The third-order valence-corrected chi connectivity index (χ3v) is 3.37. The zero-order valence-corrected chi connectivity index (χ0v) is 11.3. The molecule has 22 heavy (non-hydrogen) atoms. The summed E-state index contributed by atoms with van der Waals surface area (Å²) in [4.78, 5) is 16.1. The number of nitrogens with zero attached hydrogens (tertiary/aromatic N) is 2. The van der Waals surface area contributed by atoms with Crippen molar-refractivity contribution in [2.24, 2.45) is 0 Å². The third-order valence-electron chi connectivity index (χ3n) is 3.37. The summed E-state index contributed by atoms with van der Waals surface area (Å²) in [6.45, 7) is 0.0388. The second-order valence-electron chi connectivity index (χ2n) is 4.87. The van der Waals surface area contributed by atoms with Gasteiger partial charge < -0.3 is 4.57 Å². The van der Waals surface area contributed by atoms with Crippen molar-refractivity contribution < 1.29 is 13.2 Å². The highest BCUT2D eigenvalue weighted by Gasteiger charge is 2.31. The van der Waals surface area contributed by atoms with Gasteiger partial charge in [-0.1, -0.05) is 24.3 Å². The minimum Gasteiger partial charge on any atom is -0.310 e. The number of halogens is 3. The number of rotatable bonds is 2. The van der Waals surface area contributed by atoms with Gasteiger partial charge >= 0.3 is 6.18 Å². The number of aromatic nitrogens is 2. The predicted molar refractivity (Wildman–Crippen MR) is 76.5 cm³/mol. The molecule has 0 amide bonds. The van der Waals surface area contributed by atoms with Gasteiger partial charge in [0.15, 0.2) is 0 Å². The van der Waals surface area contributed by atoms with E-state index < -0.39 is 17.3 Å². The lowest BCUT2D eigenvalue weighted by Crippen LogP contribution is -2.22. The second-order valence-corrected chi connectivity index (χ2v) is 4.87. The van der Waals surface area contributed by atoms with E-state index >= 15 is 0 Å². The smallest absolute Gasteiger partial charge is 0.310 e. The maximum absolute atomic E-state index is 12.8. The molecule has 0 aliphatic carbocycles. The molecule has 3 nitrogen and oxygen atoms in total. The van der Waals surface area contributed by atoms with Crippen LogP contribution in [0.5, 0.6) is 0 Å². The van der Waals surface area contributed by atoms with Crippen molar-refractivity contribution in [1.29, 1.82) is 0 Å². The average molecular weight is 304 g/mol. The van der Waals surface area contributed by atoms with Gasteiger partial charge in [-0.3, -0.25) is 9.78 Å². The molecule has 0 saturated carbocycles. The van der Waals surface area contributed by atoms with Crippen molar-refractivity contribution in [3.05, 3.63) is 76.3 Å². The molecule has 1 aromatic carbocycles. The highest BCUT2D eigenvalue weighted by atomic mass is 19.4. The summed E-state index contributed by atoms with van der Waals surface area (Å²) in [5.41, 5.74) is 0.0371. The van der Waals surface area contributed by atoms with Crippen LogP contribution in [0.2, 0.25) is 0 Å². The first-order valence-electron chi connectivity index (χ1n) is 6.55. The molecule has 0 aliphatic heterocycles. The van der Waals surface area contributed by atoms with Gasteiger partial charge in [0.25, 0.3) is 5.56 Å². The van der Waals surface area contributed by atoms with Gasteiger partial charge in [0.2, 0.25) is 0 Å². The Kier molecular flexibility index (Phi) is 3.44. The summed E-state index contributed by atoms with van der Waals surface area (Å²) in [7, 11) is 0. The first-order chi connectivity index (χ1) is 10.4. The minimum absolute atomic E-state index is 0.0388. The zero-order chi connectivity index (χ0) is 15.7. The summed E-state index contributed by atoms with van der Waals surface area (Å²) in [5, 5.41) is 0.875. The quantitative estimate of drug-likeness (QED) is 0.726. The molecule has 0 aliphatic rings. The summed E-state index contributed by atoms with van der Waals surface area (Å²) in [6.07, 6.45) is -2.03. The van der Waals surface area contributed by atoms with Crippen LogP contribution in [-0.4, -0.2) is 9.55 Å². The Balaban J connectivity index is 2.07. The number of alkyl halides is 3. The number of para-hydroxylation sites is 1. The number of hydrogen-bond acceptors (Lipinski definition) is 2. The Hall–Kier alpha value is -2.63. The van der Waals surface area contributed by atoms with Crippen molar-refractivity contribution in [3.63, 3.8) is 0 Å². The van der Waals surface area contributed by atoms with Gasteiger partial charge in [0, 0.05) is 23.8 Å². The van der Waals surface area contributed by atoms with Crippen LogP contribution in [0.1, 0.15) is 11.1 Å².